The summed E-state index contributed by atoms with van der Waals surface area (Å²) in [6, 6.07) is 7.65. The number of aryl methyl sites for hydroxylation is 2. The highest BCUT2D eigenvalue weighted by Crippen LogP contribution is 2.60. The Morgan fingerprint density at radius 3 is 2.23 bits per heavy atom. The van der Waals surface area contributed by atoms with Crippen LogP contribution in [-0.4, -0.2) is 41.1 Å². The van der Waals surface area contributed by atoms with E-state index in [4.69, 9.17) is 21.1 Å². The number of carbonyl (C=O) groups is 2. The van der Waals surface area contributed by atoms with Crippen molar-refractivity contribution in [3.8, 4) is 11.5 Å². The second-order valence-corrected chi connectivity index (χ2v) is 8.78. The maximum atomic E-state index is 13.4. The van der Waals surface area contributed by atoms with E-state index in [0.717, 1.165) is 17.5 Å². The van der Waals surface area contributed by atoms with Crippen molar-refractivity contribution in [2.45, 2.75) is 44.2 Å². The number of hydrogen-bond acceptors (Lipinski definition) is 5. The number of pyridine rings is 1. The summed E-state index contributed by atoms with van der Waals surface area (Å²) in [4.78, 5) is 28.7. The van der Waals surface area contributed by atoms with E-state index in [1.807, 2.05) is 19.9 Å². The van der Waals surface area contributed by atoms with Gasteiger partial charge in [0, 0.05) is 22.8 Å². The van der Waals surface area contributed by atoms with Gasteiger partial charge < -0.3 is 20.1 Å². The molecular formula is C22H23ClFN3O4. The Balaban J connectivity index is 1.18. The number of benzene rings is 1. The minimum Gasteiger partial charge on any atom is -0.484 e. The molecule has 3 aliphatic carbocycles. The predicted molar refractivity (Wildman–Crippen MR) is 112 cm³/mol. The van der Waals surface area contributed by atoms with Crippen molar-refractivity contribution in [3.63, 3.8) is 0 Å². The first kappa shape index (κ1) is 21.4. The van der Waals surface area contributed by atoms with Crippen molar-refractivity contribution in [1.82, 2.24) is 15.6 Å². The first-order valence-corrected chi connectivity index (χ1v) is 10.3. The van der Waals surface area contributed by atoms with Gasteiger partial charge >= 0.3 is 0 Å². The smallest absolute Gasteiger partial charge is 0.258 e. The van der Waals surface area contributed by atoms with Gasteiger partial charge in [0.05, 0.1) is 10.7 Å². The lowest BCUT2D eigenvalue weighted by atomic mass is 9.44. The van der Waals surface area contributed by atoms with Crippen molar-refractivity contribution < 1.29 is 23.5 Å². The maximum absolute atomic E-state index is 13.4. The van der Waals surface area contributed by atoms with Crippen LogP contribution < -0.4 is 20.1 Å². The quantitative estimate of drug-likeness (QED) is 0.649. The molecule has 164 valence electrons. The van der Waals surface area contributed by atoms with Crippen LogP contribution in [0.3, 0.4) is 0 Å². The number of nitrogens with zero attached hydrogens (tertiary/aromatic N) is 1. The standard InChI is InChI=1S/C22H23ClFN3O4/c1-13-3-6-18(14(2)25-13)31-9-20(29)27-22-10-21(11-22,12-22)26-19(28)8-30-15-4-5-16(23)17(24)7-15/h3-7H,8-12H2,1-2H3,(H,26,28)(H,27,29). The lowest BCUT2D eigenvalue weighted by Gasteiger charge is -2.70. The highest BCUT2D eigenvalue weighted by atomic mass is 35.5. The zero-order valence-electron chi connectivity index (χ0n) is 17.3. The van der Waals surface area contributed by atoms with Crippen LogP contribution in [0, 0.1) is 19.7 Å². The number of ether oxygens (including phenoxy) is 2. The van der Waals surface area contributed by atoms with Gasteiger partial charge in [-0.2, -0.15) is 0 Å². The highest BCUT2D eigenvalue weighted by Gasteiger charge is 2.69. The van der Waals surface area contributed by atoms with Crippen molar-refractivity contribution in [3.05, 3.63) is 52.6 Å². The third-order valence-corrected chi connectivity index (χ3v) is 5.94. The van der Waals surface area contributed by atoms with E-state index < -0.39 is 5.82 Å². The monoisotopic (exact) mass is 447 g/mol. The summed E-state index contributed by atoms with van der Waals surface area (Å²) >= 11 is 5.62. The highest BCUT2D eigenvalue weighted by molar-refractivity contribution is 6.30. The van der Waals surface area contributed by atoms with Gasteiger partial charge in [-0.1, -0.05) is 11.6 Å². The number of nitrogens with one attached hydrogen (secondary N) is 2. The number of halogens is 2. The van der Waals surface area contributed by atoms with Gasteiger partial charge in [-0.15, -0.1) is 0 Å². The van der Waals surface area contributed by atoms with E-state index in [1.54, 1.807) is 6.07 Å². The first-order valence-electron chi connectivity index (χ1n) is 9.95. The molecule has 3 aliphatic rings. The Morgan fingerprint density at radius 2 is 1.65 bits per heavy atom. The van der Waals surface area contributed by atoms with E-state index >= 15 is 0 Å². The van der Waals surface area contributed by atoms with Crippen molar-refractivity contribution in [2.75, 3.05) is 13.2 Å². The van der Waals surface area contributed by atoms with Crippen LogP contribution in [0.5, 0.6) is 11.5 Å². The molecule has 1 heterocycles. The summed E-state index contributed by atoms with van der Waals surface area (Å²) in [6.45, 7) is 3.42. The van der Waals surface area contributed by atoms with Crippen LogP contribution in [0.1, 0.15) is 30.7 Å². The molecule has 3 fully saturated rings. The van der Waals surface area contributed by atoms with Gasteiger partial charge in [0.25, 0.3) is 11.8 Å². The SMILES string of the molecule is Cc1ccc(OCC(=O)NC23CC(NC(=O)COc4ccc(Cl)c(F)c4)(C2)C3)c(C)n1. The molecule has 2 N–H and O–H groups in total. The molecule has 2 amide bonds. The summed E-state index contributed by atoms with van der Waals surface area (Å²) in [5.74, 6) is -0.275. The average molecular weight is 448 g/mol. The zero-order chi connectivity index (χ0) is 22.2. The Bertz CT molecular complexity index is 1030. The van der Waals surface area contributed by atoms with Gasteiger partial charge in [0.2, 0.25) is 0 Å². The molecule has 0 saturated heterocycles. The molecule has 0 spiro atoms. The first-order chi connectivity index (χ1) is 14.7. The molecule has 3 saturated carbocycles. The Labute approximate surface area is 184 Å². The molecular weight excluding hydrogens is 425 g/mol. The molecule has 5 rings (SSSR count). The van der Waals surface area contributed by atoms with E-state index in [2.05, 4.69) is 15.6 Å². The summed E-state index contributed by atoms with van der Waals surface area (Å²) in [5.41, 5.74) is 1.04. The molecule has 0 unspecified atom stereocenters. The number of amides is 2. The van der Waals surface area contributed by atoms with Crippen LogP contribution in [0.25, 0.3) is 0 Å². The third-order valence-electron chi connectivity index (χ3n) is 5.64. The number of rotatable bonds is 8. The number of aromatic nitrogens is 1. The fraction of sp³-hybridized carbons (Fsp3) is 0.409. The Hall–Kier alpha value is -2.87. The minimum absolute atomic E-state index is 0.00548. The number of hydrogen-bond donors (Lipinski definition) is 2. The predicted octanol–water partition coefficient (Wildman–Crippen LogP) is 2.86. The van der Waals surface area contributed by atoms with Gasteiger partial charge in [0.1, 0.15) is 17.3 Å². The molecule has 0 aliphatic heterocycles. The Morgan fingerprint density at radius 1 is 1.03 bits per heavy atom. The average Bonchev–Trinajstić information content (AvgIpc) is 2.65. The van der Waals surface area contributed by atoms with Gasteiger partial charge in [-0.3, -0.25) is 14.6 Å². The molecule has 31 heavy (non-hydrogen) atoms. The molecule has 2 aromatic rings. The topological polar surface area (TPSA) is 89.6 Å². The van der Waals surface area contributed by atoms with Crippen LogP contribution in [0.2, 0.25) is 5.02 Å². The lowest BCUT2D eigenvalue weighted by Crippen LogP contribution is -2.84. The fourth-order valence-electron chi connectivity index (χ4n) is 4.40. The molecule has 7 nitrogen and oxygen atoms in total. The van der Waals surface area contributed by atoms with Crippen LogP contribution in [0.15, 0.2) is 30.3 Å². The van der Waals surface area contributed by atoms with Crippen molar-refractivity contribution in [1.29, 1.82) is 0 Å². The molecule has 9 heteroatoms. The van der Waals surface area contributed by atoms with Crippen molar-refractivity contribution in [2.24, 2.45) is 0 Å². The van der Waals surface area contributed by atoms with Gasteiger partial charge in [-0.25, -0.2) is 4.39 Å². The summed E-state index contributed by atoms with van der Waals surface area (Å²) in [7, 11) is 0. The van der Waals surface area contributed by atoms with Gasteiger partial charge in [-0.05, 0) is 57.4 Å². The summed E-state index contributed by atoms with van der Waals surface area (Å²) in [5, 5.41) is 5.95. The molecule has 2 bridgehead atoms. The molecule has 1 aromatic heterocycles. The third kappa shape index (κ3) is 4.58. The van der Waals surface area contributed by atoms with Crippen molar-refractivity contribution >= 4 is 23.4 Å². The molecule has 0 radical (unpaired) electrons. The maximum Gasteiger partial charge on any atom is 0.258 e. The van der Waals surface area contributed by atoms with E-state index in [1.165, 1.54) is 12.1 Å². The summed E-state index contributed by atoms with van der Waals surface area (Å²) < 4.78 is 24.3. The van der Waals surface area contributed by atoms with E-state index in [9.17, 15) is 14.0 Å². The fourth-order valence-corrected chi connectivity index (χ4v) is 4.52. The van der Waals surface area contributed by atoms with Crippen LogP contribution >= 0.6 is 11.6 Å². The largest absolute Gasteiger partial charge is 0.484 e. The summed E-state index contributed by atoms with van der Waals surface area (Å²) in [6.07, 6.45) is 1.99. The lowest BCUT2D eigenvalue weighted by molar-refractivity contribution is -0.151. The normalized spacial score (nSPS) is 23.2. The van der Waals surface area contributed by atoms with Crippen LogP contribution in [0.4, 0.5) is 4.39 Å². The second-order valence-electron chi connectivity index (χ2n) is 8.38. The minimum atomic E-state index is -0.602. The Kier molecular flexibility index (Phi) is 5.51. The molecule has 1 aromatic carbocycles. The zero-order valence-corrected chi connectivity index (χ0v) is 18.0. The van der Waals surface area contributed by atoms with E-state index in [0.29, 0.717) is 25.0 Å². The second kappa shape index (κ2) is 8.00. The molecule has 0 atom stereocenters. The van der Waals surface area contributed by atoms with Crippen LogP contribution in [-0.2, 0) is 9.59 Å². The van der Waals surface area contributed by atoms with Gasteiger partial charge in [0.15, 0.2) is 13.2 Å². The van der Waals surface area contributed by atoms with E-state index in [-0.39, 0.29) is 46.9 Å². The number of carbonyl (C=O) groups excluding carboxylic acids is 2.